The molecule has 2 amide bonds. The minimum atomic E-state index is -0.202. The molecule has 1 aromatic carbocycles. The molecule has 24 heavy (non-hydrogen) atoms. The van der Waals surface area contributed by atoms with E-state index in [1.54, 1.807) is 4.90 Å². The highest BCUT2D eigenvalue weighted by Crippen LogP contribution is 2.29. The van der Waals surface area contributed by atoms with Crippen molar-refractivity contribution in [2.24, 2.45) is 5.92 Å². The van der Waals surface area contributed by atoms with Crippen LogP contribution in [-0.4, -0.2) is 60.9 Å². The number of benzene rings is 1. The Hall–Kier alpha value is -1.88. The largest absolute Gasteiger partial charge is 0.340 e. The number of hydrogen-bond donors (Lipinski definition) is 0. The van der Waals surface area contributed by atoms with Crippen LogP contribution < -0.4 is 4.90 Å². The predicted octanol–water partition coefficient (Wildman–Crippen LogP) is 1.82. The molecular formula is C19H27N3O2. The number of nitrogens with zero attached hydrogens (tertiary/aromatic N) is 3. The van der Waals surface area contributed by atoms with Gasteiger partial charge < -0.3 is 14.7 Å². The van der Waals surface area contributed by atoms with E-state index in [4.69, 9.17) is 0 Å². The Kier molecular flexibility index (Phi) is 4.90. The third-order valence-electron chi connectivity index (χ3n) is 5.25. The van der Waals surface area contributed by atoms with Crippen LogP contribution in [0.4, 0.5) is 5.69 Å². The summed E-state index contributed by atoms with van der Waals surface area (Å²) in [5, 5.41) is 0. The number of anilines is 1. The van der Waals surface area contributed by atoms with E-state index in [9.17, 15) is 9.59 Å². The topological polar surface area (TPSA) is 43.9 Å². The lowest BCUT2D eigenvalue weighted by Crippen LogP contribution is -2.50. The molecule has 130 valence electrons. The summed E-state index contributed by atoms with van der Waals surface area (Å²) in [4.78, 5) is 31.3. The number of piperazine rings is 1. The number of hydrogen-bond acceptors (Lipinski definition) is 3. The van der Waals surface area contributed by atoms with Gasteiger partial charge in [0, 0.05) is 44.8 Å². The normalized spacial score (nSPS) is 22.3. The zero-order chi connectivity index (χ0) is 17.3. The van der Waals surface area contributed by atoms with Gasteiger partial charge in [0.05, 0.1) is 5.92 Å². The van der Waals surface area contributed by atoms with E-state index in [2.05, 4.69) is 17.9 Å². The van der Waals surface area contributed by atoms with Crippen LogP contribution in [0.15, 0.2) is 18.2 Å². The van der Waals surface area contributed by atoms with Crippen LogP contribution in [0.5, 0.6) is 0 Å². The van der Waals surface area contributed by atoms with Crippen molar-refractivity contribution < 1.29 is 9.59 Å². The van der Waals surface area contributed by atoms with Gasteiger partial charge in [-0.3, -0.25) is 9.59 Å². The third-order valence-corrected chi connectivity index (χ3v) is 5.25. The summed E-state index contributed by atoms with van der Waals surface area (Å²) in [6.45, 7) is 11.2. The van der Waals surface area contributed by atoms with Gasteiger partial charge in [-0.2, -0.15) is 0 Å². The molecule has 2 aliphatic rings. The first-order chi connectivity index (χ1) is 11.5. The van der Waals surface area contributed by atoms with E-state index in [1.807, 2.05) is 30.9 Å². The van der Waals surface area contributed by atoms with Crippen molar-refractivity contribution >= 4 is 17.5 Å². The number of carbonyl (C=O) groups excluding carboxylic acids is 2. The number of amides is 2. The SMILES string of the molecule is CCN1CCN(C(=O)C2CC(=O)N(c3ccc(C)cc3C)C2)CC1. The molecule has 2 heterocycles. The Bertz CT molecular complexity index is 635. The molecule has 5 heteroatoms. The van der Waals surface area contributed by atoms with E-state index < -0.39 is 0 Å². The summed E-state index contributed by atoms with van der Waals surface area (Å²) in [5.74, 6) is 0.00486. The van der Waals surface area contributed by atoms with Crippen molar-refractivity contribution in [3.63, 3.8) is 0 Å². The van der Waals surface area contributed by atoms with E-state index in [0.29, 0.717) is 13.0 Å². The first-order valence-corrected chi connectivity index (χ1v) is 8.88. The van der Waals surface area contributed by atoms with E-state index in [0.717, 1.165) is 44.0 Å². The average Bonchev–Trinajstić information content (AvgIpc) is 2.96. The van der Waals surface area contributed by atoms with Crippen LogP contribution in [0.1, 0.15) is 24.5 Å². The Morgan fingerprint density at radius 3 is 2.50 bits per heavy atom. The monoisotopic (exact) mass is 329 g/mol. The van der Waals surface area contributed by atoms with Crippen LogP contribution in [0.2, 0.25) is 0 Å². The zero-order valence-corrected chi connectivity index (χ0v) is 14.9. The third kappa shape index (κ3) is 3.31. The number of aryl methyl sites for hydroxylation is 2. The molecule has 1 atom stereocenters. The van der Waals surface area contributed by atoms with Crippen molar-refractivity contribution in [2.75, 3.05) is 44.2 Å². The maximum Gasteiger partial charge on any atom is 0.228 e. The van der Waals surface area contributed by atoms with Crippen molar-refractivity contribution in [3.05, 3.63) is 29.3 Å². The molecule has 0 spiro atoms. The minimum Gasteiger partial charge on any atom is -0.340 e. The standard InChI is InChI=1S/C19H27N3O2/c1-4-20-7-9-21(10-8-20)19(24)16-12-18(23)22(13-16)17-6-5-14(2)11-15(17)3/h5-6,11,16H,4,7-10,12-13H2,1-3H3. The summed E-state index contributed by atoms with van der Waals surface area (Å²) in [5.41, 5.74) is 3.22. The quantitative estimate of drug-likeness (QED) is 0.850. The maximum absolute atomic E-state index is 12.8. The summed E-state index contributed by atoms with van der Waals surface area (Å²) < 4.78 is 0. The van der Waals surface area contributed by atoms with Crippen molar-refractivity contribution in [1.82, 2.24) is 9.80 Å². The zero-order valence-electron chi connectivity index (χ0n) is 14.9. The molecule has 1 aromatic rings. The van der Waals surface area contributed by atoms with Gasteiger partial charge in [-0.25, -0.2) is 0 Å². The summed E-state index contributed by atoms with van der Waals surface area (Å²) >= 11 is 0. The highest BCUT2D eigenvalue weighted by Gasteiger charge is 2.38. The second kappa shape index (κ2) is 6.93. The van der Waals surface area contributed by atoms with Gasteiger partial charge in [-0.1, -0.05) is 24.6 Å². The fourth-order valence-electron chi connectivity index (χ4n) is 3.76. The lowest BCUT2D eigenvalue weighted by atomic mass is 10.1. The highest BCUT2D eigenvalue weighted by atomic mass is 16.2. The Labute approximate surface area is 144 Å². The molecule has 0 radical (unpaired) electrons. The first kappa shape index (κ1) is 17.0. The van der Waals surface area contributed by atoms with Crippen LogP contribution in [0.3, 0.4) is 0 Å². The van der Waals surface area contributed by atoms with Gasteiger partial charge in [-0.15, -0.1) is 0 Å². The predicted molar refractivity (Wildman–Crippen MR) is 95.1 cm³/mol. The molecule has 0 saturated carbocycles. The lowest BCUT2D eigenvalue weighted by Gasteiger charge is -2.35. The van der Waals surface area contributed by atoms with Gasteiger partial charge in [0.2, 0.25) is 11.8 Å². The van der Waals surface area contributed by atoms with E-state index >= 15 is 0 Å². The second-order valence-corrected chi connectivity index (χ2v) is 6.95. The summed E-state index contributed by atoms with van der Waals surface area (Å²) in [6.07, 6.45) is 0.333. The van der Waals surface area contributed by atoms with Crippen molar-refractivity contribution in [1.29, 1.82) is 0 Å². The minimum absolute atomic E-state index is 0.0625. The Balaban J connectivity index is 1.67. The van der Waals surface area contributed by atoms with Crippen molar-refractivity contribution in [3.8, 4) is 0 Å². The van der Waals surface area contributed by atoms with E-state index in [-0.39, 0.29) is 17.7 Å². The van der Waals surface area contributed by atoms with Gasteiger partial charge in [0.15, 0.2) is 0 Å². The molecule has 3 rings (SSSR count). The smallest absolute Gasteiger partial charge is 0.228 e. The van der Waals surface area contributed by atoms with Crippen LogP contribution in [-0.2, 0) is 9.59 Å². The van der Waals surface area contributed by atoms with Crippen LogP contribution in [0, 0.1) is 19.8 Å². The first-order valence-electron chi connectivity index (χ1n) is 8.88. The van der Waals surface area contributed by atoms with Gasteiger partial charge in [0.25, 0.3) is 0 Å². The second-order valence-electron chi connectivity index (χ2n) is 6.95. The number of carbonyl (C=O) groups is 2. The van der Waals surface area contributed by atoms with Crippen LogP contribution >= 0.6 is 0 Å². The average molecular weight is 329 g/mol. The molecule has 2 saturated heterocycles. The summed E-state index contributed by atoms with van der Waals surface area (Å²) in [7, 11) is 0. The molecule has 0 bridgehead atoms. The molecule has 5 nitrogen and oxygen atoms in total. The van der Waals surface area contributed by atoms with Gasteiger partial charge >= 0.3 is 0 Å². The molecule has 0 aliphatic carbocycles. The highest BCUT2D eigenvalue weighted by molar-refractivity contribution is 6.00. The maximum atomic E-state index is 12.8. The fraction of sp³-hybridized carbons (Fsp3) is 0.579. The number of rotatable bonds is 3. The molecular weight excluding hydrogens is 302 g/mol. The van der Waals surface area contributed by atoms with Gasteiger partial charge in [0.1, 0.15) is 0 Å². The van der Waals surface area contributed by atoms with Crippen LogP contribution in [0.25, 0.3) is 0 Å². The van der Waals surface area contributed by atoms with Crippen molar-refractivity contribution in [2.45, 2.75) is 27.2 Å². The molecule has 1 unspecified atom stereocenters. The van der Waals surface area contributed by atoms with E-state index in [1.165, 1.54) is 5.56 Å². The Morgan fingerprint density at radius 2 is 1.88 bits per heavy atom. The van der Waals surface area contributed by atoms with Gasteiger partial charge in [-0.05, 0) is 32.0 Å². The number of likely N-dealkylation sites (N-methyl/N-ethyl adjacent to an activating group) is 1. The lowest BCUT2D eigenvalue weighted by molar-refractivity contribution is -0.137. The molecule has 2 fully saturated rings. The summed E-state index contributed by atoms with van der Waals surface area (Å²) in [6, 6.07) is 6.10. The molecule has 2 aliphatic heterocycles. The molecule has 0 N–H and O–H groups in total. The fourth-order valence-corrected chi connectivity index (χ4v) is 3.76. The Morgan fingerprint density at radius 1 is 1.17 bits per heavy atom. The molecule has 0 aromatic heterocycles.